The van der Waals surface area contributed by atoms with Gasteiger partial charge in [0.1, 0.15) is 0 Å². The molecule has 88 valence electrons. The van der Waals surface area contributed by atoms with Gasteiger partial charge in [-0.25, -0.2) is 8.78 Å². The normalized spacial score (nSPS) is 37.6. The zero-order valence-corrected chi connectivity index (χ0v) is 9.13. The van der Waals surface area contributed by atoms with Crippen molar-refractivity contribution < 1.29 is 13.9 Å². The van der Waals surface area contributed by atoms with Gasteiger partial charge in [-0.3, -0.25) is 4.90 Å². The van der Waals surface area contributed by atoms with E-state index in [1.165, 1.54) is 0 Å². The fourth-order valence-corrected chi connectivity index (χ4v) is 2.69. The lowest BCUT2D eigenvalue weighted by molar-refractivity contribution is -0.122. The van der Waals surface area contributed by atoms with E-state index in [0.29, 0.717) is 0 Å². The Hall–Kier alpha value is -0.220. The molecule has 0 radical (unpaired) electrons. The SMILES string of the molecule is C[C@@H]1[C@H](O)CCCN1CC1CC(F)(F)C1. The Labute approximate surface area is 89.3 Å². The lowest BCUT2D eigenvalue weighted by Crippen LogP contribution is -2.51. The highest BCUT2D eigenvalue weighted by Gasteiger charge is 2.46. The van der Waals surface area contributed by atoms with Gasteiger partial charge in [0.2, 0.25) is 5.92 Å². The average molecular weight is 219 g/mol. The largest absolute Gasteiger partial charge is 0.392 e. The van der Waals surface area contributed by atoms with Crippen molar-refractivity contribution in [1.82, 2.24) is 4.90 Å². The van der Waals surface area contributed by atoms with Gasteiger partial charge in [-0.2, -0.15) is 0 Å². The number of hydrogen-bond donors (Lipinski definition) is 1. The first kappa shape index (κ1) is 11.3. The Morgan fingerprint density at radius 3 is 2.67 bits per heavy atom. The van der Waals surface area contributed by atoms with Crippen LogP contribution in [-0.4, -0.2) is 41.2 Å². The molecule has 2 nitrogen and oxygen atoms in total. The summed E-state index contributed by atoms with van der Waals surface area (Å²) >= 11 is 0. The molecular weight excluding hydrogens is 200 g/mol. The maximum atomic E-state index is 12.6. The molecule has 0 unspecified atom stereocenters. The highest BCUT2D eigenvalue weighted by Crippen LogP contribution is 2.43. The van der Waals surface area contributed by atoms with Crippen LogP contribution < -0.4 is 0 Å². The maximum absolute atomic E-state index is 12.6. The second-order valence-corrected chi connectivity index (χ2v) is 5.08. The first-order chi connectivity index (χ1) is 6.98. The summed E-state index contributed by atoms with van der Waals surface area (Å²) in [6.45, 7) is 3.66. The van der Waals surface area contributed by atoms with Crippen LogP contribution in [0.15, 0.2) is 0 Å². The monoisotopic (exact) mass is 219 g/mol. The number of alkyl halides is 2. The molecule has 0 amide bonds. The van der Waals surface area contributed by atoms with Gasteiger partial charge in [-0.15, -0.1) is 0 Å². The van der Waals surface area contributed by atoms with Crippen LogP contribution in [-0.2, 0) is 0 Å². The van der Waals surface area contributed by atoms with E-state index in [2.05, 4.69) is 4.90 Å². The molecule has 0 aromatic carbocycles. The lowest BCUT2D eigenvalue weighted by atomic mass is 9.80. The highest BCUT2D eigenvalue weighted by atomic mass is 19.3. The molecule has 0 bridgehead atoms. The third-order valence-corrected chi connectivity index (χ3v) is 3.75. The van der Waals surface area contributed by atoms with E-state index < -0.39 is 5.92 Å². The summed E-state index contributed by atoms with van der Waals surface area (Å²) < 4.78 is 25.3. The Balaban J connectivity index is 1.79. The number of likely N-dealkylation sites (tertiary alicyclic amines) is 1. The maximum Gasteiger partial charge on any atom is 0.248 e. The summed E-state index contributed by atoms with van der Waals surface area (Å²) in [4.78, 5) is 2.16. The topological polar surface area (TPSA) is 23.5 Å². The molecule has 2 atom stereocenters. The minimum atomic E-state index is -2.41. The minimum Gasteiger partial charge on any atom is -0.392 e. The van der Waals surface area contributed by atoms with Gasteiger partial charge >= 0.3 is 0 Å². The number of hydrogen-bond acceptors (Lipinski definition) is 2. The van der Waals surface area contributed by atoms with Crippen LogP contribution in [0, 0.1) is 5.92 Å². The fraction of sp³-hybridized carbons (Fsp3) is 1.00. The van der Waals surface area contributed by atoms with Crippen molar-refractivity contribution in [3.8, 4) is 0 Å². The van der Waals surface area contributed by atoms with E-state index in [1.807, 2.05) is 6.92 Å². The number of aliphatic hydroxyl groups excluding tert-OH is 1. The molecule has 15 heavy (non-hydrogen) atoms. The van der Waals surface area contributed by atoms with Crippen molar-refractivity contribution in [3.63, 3.8) is 0 Å². The third-order valence-electron chi connectivity index (χ3n) is 3.75. The highest BCUT2D eigenvalue weighted by molar-refractivity contribution is 4.90. The number of rotatable bonds is 2. The number of aliphatic hydroxyl groups is 1. The van der Waals surface area contributed by atoms with Crippen LogP contribution in [0.5, 0.6) is 0 Å². The van der Waals surface area contributed by atoms with Crippen LogP contribution in [0.4, 0.5) is 8.78 Å². The van der Waals surface area contributed by atoms with Crippen molar-refractivity contribution >= 4 is 0 Å². The smallest absolute Gasteiger partial charge is 0.248 e. The number of nitrogens with zero attached hydrogens (tertiary/aromatic N) is 1. The van der Waals surface area contributed by atoms with Crippen LogP contribution in [0.1, 0.15) is 32.6 Å². The van der Waals surface area contributed by atoms with Crippen LogP contribution in [0.25, 0.3) is 0 Å². The molecule has 2 fully saturated rings. The quantitative estimate of drug-likeness (QED) is 0.766. The van der Waals surface area contributed by atoms with E-state index in [4.69, 9.17) is 0 Å². The van der Waals surface area contributed by atoms with Crippen molar-refractivity contribution in [2.45, 2.75) is 50.7 Å². The molecule has 1 heterocycles. The van der Waals surface area contributed by atoms with E-state index in [1.54, 1.807) is 0 Å². The van der Waals surface area contributed by atoms with E-state index in [0.717, 1.165) is 25.9 Å². The lowest BCUT2D eigenvalue weighted by Gasteiger charge is -2.43. The van der Waals surface area contributed by atoms with E-state index in [9.17, 15) is 13.9 Å². The molecule has 0 aromatic rings. The second-order valence-electron chi connectivity index (χ2n) is 5.08. The Kier molecular flexibility index (Phi) is 2.99. The summed E-state index contributed by atoms with van der Waals surface area (Å²) in [7, 11) is 0. The van der Waals surface area contributed by atoms with Crippen molar-refractivity contribution in [1.29, 1.82) is 0 Å². The van der Waals surface area contributed by atoms with Gasteiger partial charge in [0.15, 0.2) is 0 Å². The predicted molar refractivity (Wildman–Crippen MR) is 53.9 cm³/mol. The number of halogens is 2. The zero-order valence-electron chi connectivity index (χ0n) is 9.13. The Morgan fingerprint density at radius 2 is 2.07 bits per heavy atom. The standard InChI is InChI=1S/C11H19F2NO/c1-8-10(15)3-2-4-14(8)7-9-5-11(12,13)6-9/h8-10,15H,2-7H2,1H3/t8-,10-/m1/s1. The minimum absolute atomic E-state index is 0.0340. The van der Waals surface area contributed by atoms with Gasteiger partial charge in [0.05, 0.1) is 6.10 Å². The van der Waals surface area contributed by atoms with Gasteiger partial charge in [-0.1, -0.05) is 0 Å². The molecule has 0 aromatic heterocycles. The van der Waals surface area contributed by atoms with Gasteiger partial charge in [0, 0.05) is 25.4 Å². The summed E-state index contributed by atoms with van der Waals surface area (Å²) in [6.07, 6.45) is 1.62. The van der Waals surface area contributed by atoms with Crippen molar-refractivity contribution in [3.05, 3.63) is 0 Å². The Bertz CT molecular complexity index is 227. The second kappa shape index (κ2) is 3.98. The molecule has 4 heteroatoms. The first-order valence-corrected chi connectivity index (χ1v) is 5.78. The molecule has 2 rings (SSSR count). The molecule has 0 spiro atoms. The Morgan fingerprint density at radius 1 is 1.40 bits per heavy atom. The number of piperidine rings is 1. The molecule has 2 aliphatic rings. The molecular formula is C11H19F2NO. The van der Waals surface area contributed by atoms with Crippen LogP contribution in [0.3, 0.4) is 0 Å². The van der Waals surface area contributed by atoms with Crippen molar-refractivity contribution in [2.24, 2.45) is 5.92 Å². The third kappa shape index (κ3) is 2.48. The molecule has 1 aliphatic heterocycles. The van der Waals surface area contributed by atoms with Gasteiger partial charge < -0.3 is 5.11 Å². The van der Waals surface area contributed by atoms with Gasteiger partial charge in [-0.05, 0) is 32.2 Å². The predicted octanol–water partition coefficient (Wildman–Crippen LogP) is 1.88. The molecule has 1 saturated heterocycles. The molecule has 1 aliphatic carbocycles. The first-order valence-electron chi connectivity index (χ1n) is 5.78. The summed E-state index contributed by atoms with van der Waals surface area (Å²) in [6, 6.07) is 0.132. The fourth-order valence-electron chi connectivity index (χ4n) is 2.69. The average Bonchev–Trinajstić information content (AvgIpc) is 2.10. The van der Waals surface area contributed by atoms with E-state index >= 15 is 0 Å². The molecule has 1 saturated carbocycles. The van der Waals surface area contributed by atoms with Crippen molar-refractivity contribution in [2.75, 3.05) is 13.1 Å². The zero-order chi connectivity index (χ0) is 11.1. The van der Waals surface area contributed by atoms with E-state index in [-0.39, 0.29) is 30.9 Å². The summed E-state index contributed by atoms with van der Waals surface area (Å²) in [5.74, 6) is -2.28. The summed E-state index contributed by atoms with van der Waals surface area (Å²) in [5, 5.41) is 9.66. The van der Waals surface area contributed by atoms with Crippen LogP contribution >= 0.6 is 0 Å². The summed E-state index contributed by atoms with van der Waals surface area (Å²) in [5.41, 5.74) is 0. The van der Waals surface area contributed by atoms with Crippen LogP contribution in [0.2, 0.25) is 0 Å². The van der Waals surface area contributed by atoms with Gasteiger partial charge in [0.25, 0.3) is 0 Å². The molecule has 1 N–H and O–H groups in total.